The molecule has 1 amide bonds. The second-order valence-electron chi connectivity index (χ2n) is 5.97. The minimum absolute atomic E-state index is 0.221. The number of carbonyl (C=O) groups excluding carboxylic acids is 2. The van der Waals surface area contributed by atoms with Crippen molar-refractivity contribution >= 4 is 23.6 Å². The lowest BCUT2D eigenvalue weighted by molar-refractivity contribution is -0.136. The van der Waals surface area contributed by atoms with Crippen LogP contribution in [-0.4, -0.2) is 38.2 Å². The highest BCUT2D eigenvalue weighted by atomic mass is 16.5. The van der Waals surface area contributed by atoms with Crippen molar-refractivity contribution < 1.29 is 23.8 Å². The summed E-state index contributed by atoms with van der Waals surface area (Å²) in [6, 6.07) is 8.63. The summed E-state index contributed by atoms with van der Waals surface area (Å²) in [7, 11) is 4.34. The number of anilines is 1. The fourth-order valence-corrected chi connectivity index (χ4v) is 3.08. The number of hydrogen-bond acceptors (Lipinski definition) is 6. The summed E-state index contributed by atoms with van der Waals surface area (Å²) in [5.41, 5.74) is 2.26. The normalized spacial score (nSPS) is 15.2. The first-order valence-corrected chi connectivity index (χ1v) is 8.49. The van der Waals surface area contributed by atoms with Gasteiger partial charge in [0, 0.05) is 24.2 Å². The maximum absolute atomic E-state index is 13.2. The Morgan fingerprint density at radius 1 is 1.04 bits per heavy atom. The third-order valence-corrected chi connectivity index (χ3v) is 4.43. The summed E-state index contributed by atoms with van der Waals surface area (Å²) < 4.78 is 15.5. The van der Waals surface area contributed by atoms with Crippen molar-refractivity contribution in [2.24, 2.45) is 0 Å². The van der Waals surface area contributed by atoms with Gasteiger partial charge in [0.05, 0.1) is 38.2 Å². The van der Waals surface area contributed by atoms with Gasteiger partial charge in [-0.15, -0.1) is 0 Å². The number of carbonyl (C=O) groups is 2. The zero-order valence-electron chi connectivity index (χ0n) is 16.1. The Morgan fingerprint density at radius 2 is 1.71 bits per heavy atom. The number of aromatic nitrogens is 1. The SMILES string of the molecule is COC(=O)C1=C(C)N(c2ccc(OC)c(OC)c2)C(=O)/C1=C\c1ccncc1. The molecule has 0 atom stereocenters. The van der Waals surface area contributed by atoms with E-state index in [4.69, 9.17) is 14.2 Å². The molecule has 28 heavy (non-hydrogen) atoms. The van der Waals surface area contributed by atoms with Gasteiger partial charge in [-0.2, -0.15) is 0 Å². The first kappa shape index (κ1) is 19.2. The topological polar surface area (TPSA) is 78.0 Å². The molecule has 1 aromatic carbocycles. The Hall–Kier alpha value is -3.61. The summed E-state index contributed by atoms with van der Waals surface area (Å²) in [5.74, 6) is 0.114. The molecule has 7 heteroatoms. The minimum atomic E-state index is -0.575. The second-order valence-corrected chi connectivity index (χ2v) is 5.97. The molecule has 0 bridgehead atoms. The number of hydrogen-bond donors (Lipinski definition) is 0. The summed E-state index contributed by atoms with van der Waals surface area (Å²) in [4.78, 5) is 31.1. The third-order valence-electron chi connectivity index (χ3n) is 4.43. The van der Waals surface area contributed by atoms with Crippen LogP contribution in [0.4, 0.5) is 5.69 Å². The van der Waals surface area contributed by atoms with Crippen molar-refractivity contribution in [3.63, 3.8) is 0 Å². The number of methoxy groups -OCH3 is 3. The van der Waals surface area contributed by atoms with E-state index in [1.165, 1.54) is 26.2 Å². The van der Waals surface area contributed by atoms with E-state index in [9.17, 15) is 9.59 Å². The molecule has 1 aromatic heterocycles. The Labute approximate surface area is 162 Å². The van der Waals surface area contributed by atoms with Crippen LogP contribution in [0.25, 0.3) is 6.08 Å². The van der Waals surface area contributed by atoms with Gasteiger partial charge < -0.3 is 14.2 Å². The second kappa shape index (κ2) is 7.96. The summed E-state index contributed by atoms with van der Waals surface area (Å²) >= 11 is 0. The number of pyridine rings is 1. The van der Waals surface area contributed by atoms with Crippen LogP contribution in [0, 0.1) is 0 Å². The van der Waals surface area contributed by atoms with E-state index in [2.05, 4.69) is 4.98 Å². The number of rotatable bonds is 5. The van der Waals surface area contributed by atoms with Crippen molar-refractivity contribution in [2.45, 2.75) is 6.92 Å². The molecule has 3 rings (SSSR count). The molecule has 0 aliphatic carbocycles. The largest absolute Gasteiger partial charge is 0.493 e. The minimum Gasteiger partial charge on any atom is -0.493 e. The van der Waals surface area contributed by atoms with Crippen LogP contribution in [0.5, 0.6) is 11.5 Å². The Morgan fingerprint density at radius 3 is 2.32 bits per heavy atom. The van der Waals surface area contributed by atoms with Crippen LogP contribution >= 0.6 is 0 Å². The van der Waals surface area contributed by atoms with Crippen LogP contribution in [0.2, 0.25) is 0 Å². The highest BCUT2D eigenvalue weighted by Crippen LogP contribution is 2.39. The van der Waals surface area contributed by atoms with Crippen LogP contribution in [0.15, 0.2) is 59.6 Å². The predicted octanol–water partition coefficient (Wildman–Crippen LogP) is 2.98. The highest BCUT2D eigenvalue weighted by molar-refractivity contribution is 6.23. The average molecular weight is 380 g/mol. The molecule has 0 saturated carbocycles. The lowest BCUT2D eigenvalue weighted by Gasteiger charge is -2.19. The molecule has 2 heterocycles. The van der Waals surface area contributed by atoms with E-state index in [1.807, 2.05) is 0 Å². The van der Waals surface area contributed by atoms with Gasteiger partial charge in [-0.1, -0.05) is 0 Å². The Bertz CT molecular complexity index is 980. The van der Waals surface area contributed by atoms with Gasteiger partial charge in [0.15, 0.2) is 11.5 Å². The number of benzene rings is 1. The van der Waals surface area contributed by atoms with Crippen molar-refractivity contribution in [1.82, 2.24) is 4.98 Å². The zero-order valence-corrected chi connectivity index (χ0v) is 16.1. The van der Waals surface area contributed by atoms with Gasteiger partial charge in [0.25, 0.3) is 5.91 Å². The quantitative estimate of drug-likeness (QED) is 0.586. The van der Waals surface area contributed by atoms with Gasteiger partial charge in [0.1, 0.15) is 0 Å². The zero-order chi connectivity index (χ0) is 20.3. The van der Waals surface area contributed by atoms with Crippen LogP contribution < -0.4 is 14.4 Å². The molecule has 0 saturated heterocycles. The van der Waals surface area contributed by atoms with Gasteiger partial charge in [0.2, 0.25) is 0 Å². The van der Waals surface area contributed by atoms with E-state index in [0.29, 0.717) is 22.9 Å². The smallest absolute Gasteiger partial charge is 0.340 e. The van der Waals surface area contributed by atoms with Crippen LogP contribution in [0.1, 0.15) is 12.5 Å². The van der Waals surface area contributed by atoms with E-state index in [1.54, 1.807) is 55.7 Å². The first-order chi connectivity index (χ1) is 13.5. The molecule has 1 aliphatic rings. The number of nitrogens with zero attached hydrogens (tertiary/aromatic N) is 2. The maximum atomic E-state index is 13.2. The van der Waals surface area contributed by atoms with E-state index < -0.39 is 5.97 Å². The van der Waals surface area contributed by atoms with E-state index in [0.717, 1.165) is 5.56 Å². The summed E-state index contributed by atoms with van der Waals surface area (Å²) in [6.45, 7) is 1.70. The van der Waals surface area contributed by atoms with Gasteiger partial charge in [-0.25, -0.2) is 4.79 Å². The van der Waals surface area contributed by atoms with Crippen molar-refractivity contribution in [3.05, 3.63) is 65.1 Å². The van der Waals surface area contributed by atoms with Gasteiger partial charge >= 0.3 is 5.97 Å². The summed E-state index contributed by atoms with van der Waals surface area (Å²) in [5, 5.41) is 0. The van der Waals surface area contributed by atoms with E-state index >= 15 is 0 Å². The maximum Gasteiger partial charge on any atom is 0.340 e. The number of esters is 1. The van der Waals surface area contributed by atoms with E-state index in [-0.39, 0.29) is 17.1 Å². The fourth-order valence-electron chi connectivity index (χ4n) is 3.08. The Balaban J connectivity index is 2.13. The van der Waals surface area contributed by atoms with Crippen LogP contribution in [0.3, 0.4) is 0 Å². The lowest BCUT2D eigenvalue weighted by Crippen LogP contribution is -2.24. The molecule has 0 unspecified atom stereocenters. The van der Waals surface area contributed by atoms with Crippen LogP contribution in [-0.2, 0) is 14.3 Å². The molecule has 1 aliphatic heterocycles. The molecule has 0 N–H and O–H groups in total. The molecular weight excluding hydrogens is 360 g/mol. The number of ether oxygens (including phenoxy) is 3. The van der Waals surface area contributed by atoms with Crippen molar-refractivity contribution in [1.29, 1.82) is 0 Å². The van der Waals surface area contributed by atoms with Crippen molar-refractivity contribution in [3.8, 4) is 11.5 Å². The molecule has 144 valence electrons. The monoisotopic (exact) mass is 380 g/mol. The molecule has 0 radical (unpaired) electrons. The lowest BCUT2D eigenvalue weighted by atomic mass is 10.0. The average Bonchev–Trinajstić information content (AvgIpc) is 2.97. The highest BCUT2D eigenvalue weighted by Gasteiger charge is 2.38. The predicted molar refractivity (Wildman–Crippen MR) is 104 cm³/mol. The van der Waals surface area contributed by atoms with Gasteiger partial charge in [-0.3, -0.25) is 14.7 Å². The van der Waals surface area contributed by atoms with Crippen molar-refractivity contribution in [2.75, 3.05) is 26.2 Å². The number of allylic oxidation sites excluding steroid dienone is 1. The third kappa shape index (κ3) is 3.34. The fraction of sp³-hybridized carbons (Fsp3) is 0.190. The number of amides is 1. The standard InChI is InChI=1S/C21H20N2O5/c1-13-19(21(25)28-4)16(11-14-7-9-22-10-8-14)20(24)23(13)15-5-6-17(26-2)18(12-15)27-3/h5-12H,1-4H3/b16-11-. The molecule has 0 fully saturated rings. The van der Waals surface area contributed by atoms with Gasteiger partial charge in [-0.05, 0) is 42.8 Å². The summed E-state index contributed by atoms with van der Waals surface area (Å²) in [6.07, 6.45) is 4.89. The Kier molecular flexibility index (Phi) is 5.44. The molecule has 2 aromatic rings. The molecule has 0 spiro atoms. The molecule has 7 nitrogen and oxygen atoms in total. The molecular formula is C21H20N2O5. The first-order valence-electron chi connectivity index (χ1n) is 8.49.